The molecule has 1 unspecified atom stereocenters. The minimum Gasteiger partial charge on any atom is -0.467 e. The maximum atomic E-state index is 12.4. The molecule has 0 aliphatic rings. The summed E-state index contributed by atoms with van der Waals surface area (Å²) in [7, 11) is 0. The third-order valence-electron chi connectivity index (χ3n) is 3.59. The predicted octanol–water partition coefficient (Wildman–Crippen LogP) is 3.17. The van der Waals surface area contributed by atoms with Crippen molar-refractivity contribution in [1.29, 1.82) is 0 Å². The SMILES string of the molecule is Cc1ccccc1C(NC(=O)c1coc(CN)c1)C(C)C. The Morgan fingerprint density at radius 1 is 1.33 bits per heavy atom. The van der Waals surface area contributed by atoms with E-state index in [2.05, 4.69) is 38.2 Å². The van der Waals surface area contributed by atoms with Crippen molar-refractivity contribution in [2.45, 2.75) is 33.4 Å². The summed E-state index contributed by atoms with van der Waals surface area (Å²) in [6.07, 6.45) is 1.45. The van der Waals surface area contributed by atoms with Crippen molar-refractivity contribution in [3.05, 3.63) is 59.0 Å². The fourth-order valence-electron chi connectivity index (χ4n) is 2.37. The summed E-state index contributed by atoms with van der Waals surface area (Å²) in [6.45, 7) is 6.54. The first-order valence-electron chi connectivity index (χ1n) is 7.16. The second-order valence-corrected chi connectivity index (χ2v) is 5.56. The number of aryl methyl sites for hydroxylation is 1. The molecule has 3 N–H and O–H groups in total. The summed E-state index contributed by atoms with van der Waals surface area (Å²) in [5.74, 6) is 0.758. The number of amides is 1. The zero-order valence-electron chi connectivity index (χ0n) is 12.7. The van der Waals surface area contributed by atoms with Gasteiger partial charge >= 0.3 is 0 Å². The minimum absolute atomic E-state index is 0.0325. The average molecular weight is 286 g/mol. The smallest absolute Gasteiger partial charge is 0.255 e. The van der Waals surface area contributed by atoms with E-state index >= 15 is 0 Å². The molecule has 1 aromatic heterocycles. The Bertz CT molecular complexity index is 617. The van der Waals surface area contributed by atoms with Crippen molar-refractivity contribution < 1.29 is 9.21 Å². The molecule has 0 saturated carbocycles. The van der Waals surface area contributed by atoms with Gasteiger partial charge in [-0.2, -0.15) is 0 Å². The lowest BCUT2D eigenvalue weighted by Crippen LogP contribution is -2.32. The lowest BCUT2D eigenvalue weighted by molar-refractivity contribution is 0.0925. The van der Waals surface area contributed by atoms with Crippen molar-refractivity contribution in [3.8, 4) is 0 Å². The first-order valence-corrected chi connectivity index (χ1v) is 7.16. The van der Waals surface area contributed by atoms with Crippen molar-refractivity contribution in [1.82, 2.24) is 5.32 Å². The van der Waals surface area contributed by atoms with Gasteiger partial charge in [0, 0.05) is 0 Å². The van der Waals surface area contributed by atoms with Gasteiger partial charge in [0.25, 0.3) is 5.91 Å². The van der Waals surface area contributed by atoms with Crippen LogP contribution in [0.4, 0.5) is 0 Å². The van der Waals surface area contributed by atoms with Gasteiger partial charge in [-0.15, -0.1) is 0 Å². The molecular formula is C17H22N2O2. The van der Waals surface area contributed by atoms with Crippen LogP contribution in [0.3, 0.4) is 0 Å². The molecule has 1 amide bonds. The molecule has 1 heterocycles. The van der Waals surface area contributed by atoms with Crippen molar-refractivity contribution >= 4 is 5.91 Å². The van der Waals surface area contributed by atoms with Gasteiger partial charge in [-0.25, -0.2) is 0 Å². The van der Waals surface area contributed by atoms with E-state index in [1.54, 1.807) is 6.07 Å². The molecule has 0 fully saturated rings. The van der Waals surface area contributed by atoms with Crippen molar-refractivity contribution in [2.24, 2.45) is 11.7 Å². The van der Waals surface area contributed by atoms with E-state index in [1.807, 2.05) is 12.1 Å². The van der Waals surface area contributed by atoms with Gasteiger partial charge in [0.1, 0.15) is 12.0 Å². The Morgan fingerprint density at radius 2 is 2.05 bits per heavy atom. The van der Waals surface area contributed by atoms with Gasteiger partial charge in [0.2, 0.25) is 0 Å². The number of nitrogens with two attached hydrogens (primary N) is 1. The standard InChI is InChI=1S/C17H22N2O2/c1-11(2)16(15-7-5-4-6-12(15)3)19-17(20)13-8-14(9-18)21-10-13/h4-8,10-11,16H,9,18H2,1-3H3,(H,19,20). The zero-order chi connectivity index (χ0) is 15.4. The van der Waals surface area contributed by atoms with Gasteiger partial charge in [-0.05, 0) is 30.0 Å². The molecule has 0 aliphatic carbocycles. The molecule has 1 aromatic carbocycles. The lowest BCUT2D eigenvalue weighted by Gasteiger charge is -2.24. The molecule has 1 atom stereocenters. The fourth-order valence-corrected chi connectivity index (χ4v) is 2.37. The number of furan rings is 1. The van der Waals surface area contributed by atoms with Gasteiger partial charge < -0.3 is 15.5 Å². The molecule has 2 aromatic rings. The summed E-state index contributed by atoms with van der Waals surface area (Å²) >= 11 is 0. The van der Waals surface area contributed by atoms with E-state index in [1.165, 1.54) is 11.8 Å². The fraction of sp³-hybridized carbons (Fsp3) is 0.353. The van der Waals surface area contributed by atoms with E-state index in [9.17, 15) is 4.79 Å². The first kappa shape index (κ1) is 15.3. The Labute approximate surface area is 125 Å². The Morgan fingerprint density at radius 3 is 2.62 bits per heavy atom. The van der Waals surface area contributed by atoms with Crippen LogP contribution in [0.5, 0.6) is 0 Å². The number of benzene rings is 1. The minimum atomic E-state index is -0.139. The van der Waals surface area contributed by atoms with E-state index in [-0.39, 0.29) is 17.9 Å². The van der Waals surface area contributed by atoms with E-state index in [0.717, 1.165) is 5.56 Å². The lowest BCUT2D eigenvalue weighted by atomic mass is 9.92. The molecular weight excluding hydrogens is 264 g/mol. The second-order valence-electron chi connectivity index (χ2n) is 5.56. The first-order chi connectivity index (χ1) is 10.0. The Kier molecular flexibility index (Phi) is 4.81. The molecule has 0 radical (unpaired) electrons. The van der Waals surface area contributed by atoms with Crippen LogP contribution in [-0.2, 0) is 6.54 Å². The monoisotopic (exact) mass is 286 g/mol. The van der Waals surface area contributed by atoms with Gasteiger partial charge in [-0.1, -0.05) is 38.1 Å². The van der Waals surface area contributed by atoms with E-state index in [4.69, 9.17) is 10.2 Å². The average Bonchev–Trinajstić information content (AvgIpc) is 2.94. The third kappa shape index (κ3) is 3.52. The molecule has 112 valence electrons. The maximum Gasteiger partial charge on any atom is 0.255 e. The van der Waals surface area contributed by atoms with Crippen molar-refractivity contribution in [3.63, 3.8) is 0 Å². The molecule has 0 spiro atoms. The zero-order valence-corrected chi connectivity index (χ0v) is 12.7. The second kappa shape index (κ2) is 6.59. The number of carbonyl (C=O) groups is 1. The number of hydrogen-bond acceptors (Lipinski definition) is 3. The summed E-state index contributed by atoms with van der Waals surface area (Å²) < 4.78 is 5.22. The highest BCUT2D eigenvalue weighted by atomic mass is 16.3. The van der Waals surface area contributed by atoms with Crippen LogP contribution in [0.25, 0.3) is 0 Å². The topological polar surface area (TPSA) is 68.3 Å². The molecule has 21 heavy (non-hydrogen) atoms. The predicted molar refractivity (Wildman–Crippen MR) is 82.8 cm³/mol. The number of hydrogen-bond donors (Lipinski definition) is 2. The van der Waals surface area contributed by atoms with E-state index in [0.29, 0.717) is 17.9 Å². The molecule has 0 bridgehead atoms. The van der Waals surface area contributed by atoms with Crippen LogP contribution in [0, 0.1) is 12.8 Å². The normalized spacial score (nSPS) is 12.4. The summed E-state index contributed by atoms with van der Waals surface area (Å²) in [6, 6.07) is 9.76. The quantitative estimate of drug-likeness (QED) is 0.887. The Hall–Kier alpha value is -2.07. The maximum absolute atomic E-state index is 12.4. The van der Waals surface area contributed by atoms with Crippen LogP contribution >= 0.6 is 0 Å². The molecule has 0 saturated heterocycles. The highest BCUT2D eigenvalue weighted by Gasteiger charge is 2.21. The van der Waals surface area contributed by atoms with Crippen LogP contribution in [-0.4, -0.2) is 5.91 Å². The van der Waals surface area contributed by atoms with Gasteiger partial charge in [-0.3, -0.25) is 4.79 Å². The summed E-state index contributed by atoms with van der Waals surface area (Å²) in [5, 5.41) is 3.09. The van der Waals surface area contributed by atoms with Crippen molar-refractivity contribution in [2.75, 3.05) is 0 Å². The number of rotatable bonds is 5. The van der Waals surface area contributed by atoms with Gasteiger partial charge in [0.15, 0.2) is 0 Å². The molecule has 4 nitrogen and oxygen atoms in total. The third-order valence-corrected chi connectivity index (χ3v) is 3.59. The summed E-state index contributed by atoms with van der Waals surface area (Å²) in [5.41, 5.74) is 8.32. The Balaban J connectivity index is 2.21. The molecule has 4 heteroatoms. The molecule has 2 rings (SSSR count). The van der Waals surface area contributed by atoms with Crippen LogP contribution in [0.15, 0.2) is 41.0 Å². The summed E-state index contributed by atoms with van der Waals surface area (Å²) in [4.78, 5) is 12.4. The largest absolute Gasteiger partial charge is 0.467 e. The highest BCUT2D eigenvalue weighted by Crippen LogP contribution is 2.25. The van der Waals surface area contributed by atoms with Gasteiger partial charge in [0.05, 0.1) is 18.2 Å². The van der Waals surface area contributed by atoms with Crippen LogP contribution in [0.2, 0.25) is 0 Å². The number of carbonyl (C=O) groups excluding carboxylic acids is 1. The highest BCUT2D eigenvalue weighted by molar-refractivity contribution is 5.94. The van der Waals surface area contributed by atoms with Crippen LogP contribution in [0.1, 0.15) is 47.1 Å². The number of nitrogens with one attached hydrogen (secondary N) is 1. The molecule has 0 aliphatic heterocycles. The van der Waals surface area contributed by atoms with Crippen LogP contribution < -0.4 is 11.1 Å². The van der Waals surface area contributed by atoms with E-state index < -0.39 is 0 Å².